The minimum absolute atomic E-state index is 0.200. The summed E-state index contributed by atoms with van der Waals surface area (Å²) >= 11 is 0. The number of carbonyl (C=O) groups is 1. The second-order valence-corrected chi connectivity index (χ2v) is 9.49. The van der Waals surface area contributed by atoms with E-state index in [2.05, 4.69) is 20.3 Å². The molecule has 1 saturated carbocycles. The van der Waals surface area contributed by atoms with Gasteiger partial charge in [-0.05, 0) is 49.4 Å². The summed E-state index contributed by atoms with van der Waals surface area (Å²) in [6.07, 6.45) is 0.0780. The summed E-state index contributed by atoms with van der Waals surface area (Å²) in [7, 11) is 0. The van der Waals surface area contributed by atoms with Crippen molar-refractivity contribution in [2.24, 2.45) is 5.92 Å². The third-order valence-corrected chi connectivity index (χ3v) is 6.73. The van der Waals surface area contributed by atoms with Crippen molar-refractivity contribution in [1.82, 2.24) is 19.5 Å². The van der Waals surface area contributed by atoms with Crippen molar-refractivity contribution in [3.05, 3.63) is 71.0 Å². The summed E-state index contributed by atoms with van der Waals surface area (Å²) < 4.78 is 41.2. The standard InChI is InChI=1S/C27H26F3N5O2/c1-16-5-4-8-19(13-16)25-34-23-21(35(25)15-18-9-11-20(12-10-18)27(28,29)30)22(32-24(33-23)26(36)37)31-14-17-6-2-3-7-17/h4-5,8-13,17H,2-3,6-7,14-15H2,1H3,(H,36,37)(H,31,32,33). The quantitative estimate of drug-likeness (QED) is 0.310. The van der Waals surface area contributed by atoms with Gasteiger partial charge in [0.15, 0.2) is 11.5 Å². The Morgan fingerprint density at radius 2 is 1.81 bits per heavy atom. The van der Waals surface area contributed by atoms with Crippen molar-refractivity contribution in [2.45, 2.75) is 45.3 Å². The number of nitrogens with zero attached hydrogens (tertiary/aromatic N) is 4. The molecule has 0 saturated heterocycles. The molecule has 0 atom stereocenters. The fourth-order valence-electron chi connectivity index (χ4n) is 4.85. The van der Waals surface area contributed by atoms with Gasteiger partial charge in [0, 0.05) is 18.7 Å². The number of benzene rings is 2. The molecular weight excluding hydrogens is 483 g/mol. The van der Waals surface area contributed by atoms with Gasteiger partial charge in [0.05, 0.1) is 5.56 Å². The smallest absolute Gasteiger partial charge is 0.416 e. The molecular formula is C27H26F3N5O2. The van der Waals surface area contributed by atoms with Crippen LogP contribution in [0.15, 0.2) is 48.5 Å². The third kappa shape index (κ3) is 5.28. The molecule has 4 aromatic rings. The second kappa shape index (κ2) is 9.84. The largest absolute Gasteiger partial charge is 0.475 e. The van der Waals surface area contributed by atoms with E-state index in [-0.39, 0.29) is 18.0 Å². The lowest BCUT2D eigenvalue weighted by Crippen LogP contribution is -2.16. The Balaban J connectivity index is 1.65. The predicted octanol–water partition coefficient (Wildman–Crippen LogP) is 6.17. The van der Waals surface area contributed by atoms with Crippen LogP contribution in [-0.4, -0.2) is 37.1 Å². The second-order valence-electron chi connectivity index (χ2n) is 9.49. The van der Waals surface area contributed by atoms with Crippen molar-refractivity contribution in [3.63, 3.8) is 0 Å². The summed E-state index contributed by atoms with van der Waals surface area (Å²) in [6, 6.07) is 12.7. The average Bonchev–Trinajstić information content (AvgIpc) is 3.50. The molecule has 2 aromatic heterocycles. The SMILES string of the molecule is Cc1cccc(-c2nc3nc(C(=O)O)nc(NCC4CCCC4)c3n2Cc2ccc(C(F)(F)F)cc2)c1. The van der Waals surface area contributed by atoms with Crippen LogP contribution in [0.1, 0.15) is 53.0 Å². The Kier molecular flexibility index (Phi) is 6.57. The van der Waals surface area contributed by atoms with Crippen LogP contribution in [0.3, 0.4) is 0 Å². The summed E-state index contributed by atoms with van der Waals surface area (Å²) in [6.45, 7) is 2.78. The maximum absolute atomic E-state index is 13.1. The van der Waals surface area contributed by atoms with Crippen molar-refractivity contribution in [3.8, 4) is 11.4 Å². The van der Waals surface area contributed by atoms with Crippen LogP contribution in [0.2, 0.25) is 0 Å². The minimum atomic E-state index is -4.43. The zero-order valence-corrected chi connectivity index (χ0v) is 20.2. The first-order valence-electron chi connectivity index (χ1n) is 12.2. The fraction of sp³-hybridized carbons (Fsp3) is 0.333. The van der Waals surface area contributed by atoms with Gasteiger partial charge >= 0.3 is 12.1 Å². The van der Waals surface area contributed by atoms with Crippen LogP contribution >= 0.6 is 0 Å². The van der Waals surface area contributed by atoms with E-state index in [0.29, 0.717) is 35.2 Å². The number of hydrogen-bond acceptors (Lipinski definition) is 5. The van der Waals surface area contributed by atoms with Crippen LogP contribution in [0.5, 0.6) is 0 Å². The number of halogens is 3. The van der Waals surface area contributed by atoms with Crippen molar-refractivity contribution in [1.29, 1.82) is 0 Å². The maximum atomic E-state index is 13.1. The number of nitrogens with one attached hydrogen (secondary N) is 1. The highest BCUT2D eigenvalue weighted by atomic mass is 19.4. The molecule has 1 aliphatic carbocycles. The van der Waals surface area contributed by atoms with Crippen molar-refractivity contribution < 1.29 is 23.1 Å². The molecule has 0 amide bonds. The van der Waals surface area contributed by atoms with Gasteiger partial charge in [0.2, 0.25) is 5.82 Å². The van der Waals surface area contributed by atoms with Gasteiger partial charge in [0.25, 0.3) is 0 Å². The van der Waals surface area contributed by atoms with E-state index in [9.17, 15) is 23.1 Å². The lowest BCUT2D eigenvalue weighted by Gasteiger charge is -2.15. The predicted molar refractivity (Wildman–Crippen MR) is 133 cm³/mol. The van der Waals surface area contributed by atoms with Crippen LogP contribution < -0.4 is 5.32 Å². The first kappa shape index (κ1) is 24.7. The number of rotatable bonds is 7. The van der Waals surface area contributed by atoms with E-state index in [1.165, 1.54) is 12.1 Å². The number of imidazole rings is 1. The summed E-state index contributed by atoms with van der Waals surface area (Å²) in [5, 5.41) is 13.0. The van der Waals surface area contributed by atoms with Crippen molar-refractivity contribution >= 4 is 23.0 Å². The van der Waals surface area contributed by atoms with Gasteiger partial charge in [-0.3, -0.25) is 0 Å². The Morgan fingerprint density at radius 1 is 1.08 bits per heavy atom. The Morgan fingerprint density at radius 3 is 2.46 bits per heavy atom. The summed E-state index contributed by atoms with van der Waals surface area (Å²) in [5.41, 5.74) is 2.42. The maximum Gasteiger partial charge on any atom is 0.416 e. The van der Waals surface area contributed by atoms with E-state index in [1.807, 2.05) is 35.8 Å². The number of aromatic carboxylic acids is 1. The molecule has 0 bridgehead atoms. The highest BCUT2D eigenvalue weighted by Crippen LogP contribution is 2.32. The summed E-state index contributed by atoms with van der Waals surface area (Å²) in [4.78, 5) is 25.0. The van der Waals surface area contributed by atoms with Gasteiger partial charge in [-0.15, -0.1) is 0 Å². The van der Waals surface area contributed by atoms with Gasteiger partial charge in [-0.1, -0.05) is 48.7 Å². The molecule has 2 heterocycles. The zero-order valence-electron chi connectivity index (χ0n) is 20.2. The van der Waals surface area contributed by atoms with Crippen molar-refractivity contribution in [2.75, 3.05) is 11.9 Å². The molecule has 5 rings (SSSR count). The number of fused-ring (bicyclic) bond motifs is 1. The minimum Gasteiger partial charge on any atom is -0.475 e. The van der Waals surface area contributed by atoms with Gasteiger partial charge in [0.1, 0.15) is 11.3 Å². The Labute approximate surface area is 211 Å². The lowest BCUT2D eigenvalue weighted by molar-refractivity contribution is -0.137. The molecule has 2 N–H and O–H groups in total. The molecule has 0 aliphatic heterocycles. The van der Waals surface area contributed by atoms with Crippen LogP contribution in [-0.2, 0) is 12.7 Å². The Hall–Kier alpha value is -3.95. The van der Waals surface area contributed by atoms with Gasteiger partial charge < -0.3 is 15.0 Å². The van der Waals surface area contributed by atoms with Gasteiger partial charge in [-0.25, -0.2) is 19.7 Å². The first-order valence-corrected chi connectivity index (χ1v) is 12.2. The fourth-order valence-corrected chi connectivity index (χ4v) is 4.85. The van der Waals surface area contributed by atoms with E-state index in [4.69, 9.17) is 0 Å². The number of aromatic nitrogens is 4. The number of anilines is 1. The molecule has 2 aromatic carbocycles. The van der Waals surface area contributed by atoms with Crippen LogP contribution in [0, 0.1) is 12.8 Å². The van der Waals surface area contributed by atoms with E-state index in [0.717, 1.165) is 48.9 Å². The molecule has 0 spiro atoms. The number of alkyl halides is 3. The number of aryl methyl sites for hydroxylation is 1. The lowest BCUT2D eigenvalue weighted by atomic mass is 10.1. The highest BCUT2D eigenvalue weighted by Gasteiger charge is 2.30. The molecule has 10 heteroatoms. The summed E-state index contributed by atoms with van der Waals surface area (Å²) in [5.74, 6) is -0.288. The molecule has 1 fully saturated rings. The Bertz CT molecular complexity index is 1440. The number of carboxylic acids is 1. The average molecular weight is 510 g/mol. The van der Waals surface area contributed by atoms with Crippen LogP contribution in [0.25, 0.3) is 22.6 Å². The molecule has 7 nitrogen and oxygen atoms in total. The van der Waals surface area contributed by atoms with E-state index < -0.39 is 17.7 Å². The first-order chi connectivity index (χ1) is 17.7. The van der Waals surface area contributed by atoms with Crippen LogP contribution in [0.4, 0.5) is 19.0 Å². The number of hydrogen-bond donors (Lipinski definition) is 2. The van der Waals surface area contributed by atoms with E-state index >= 15 is 0 Å². The molecule has 1 aliphatic rings. The number of carboxylic acid groups (broad SMARTS) is 1. The zero-order chi connectivity index (χ0) is 26.2. The molecule has 0 radical (unpaired) electrons. The van der Waals surface area contributed by atoms with Gasteiger partial charge in [-0.2, -0.15) is 13.2 Å². The highest BCUT2D eigenvalue weighted by molar-refractivity contribution is 5.92. The third-order valence-electron chi connectivity index (χ3n) is 6.73. The monoisotopic (exact) mass is 509 g/mol. The van der Waals surface area contributed by atoms with E-state index in [1.54, 1.807) is 0 Å². The normalized spacial score (nSPS) is 14.4. The topological polar surface area (TPSA) is 92.9 Å². The molecule has 0 unspecified atom stereocenters. The molecule has 192 valence electrons. The molecule has 37 heavy (non-hydrogen) atoms.